The summed E-state index contributed by atoms with van der Waals surface area (Å²) in [5, 5.41) is 2.73. The minimum atomic E-state index is 0.148. The molecule has 0 saturated carbocycles. The van der Waals surface area contributed by atoms with Crippen molar-refractivity contribution >= 4 is 21.8 Å². The molecule has 1 N–H and O–H groups in total. The van der Waals surface area contributed by atoms with Gasteiger partial charge in [-0.05, 0) is 0 Å². The Kier molecular flexibility index (Phi) is 1.56. The highest BCUT2D eigenvalue weighted by Crippen LogP contribution is 2.16. The predicted octanol–water partition coefficient (Wildman–Crippen LogP) is 0.516. The Morgan fingerprint density at radius 2 is 2.50 bits per heavy atom. The molecule has 0 spiro atoms. The lowest BCUT2D eigenvalue weighted by molar-refractivity contribution is -0.121. The summed E-state index contributed by atoms with van der Waals surface area (Å²) in [6, 6.07) is 0. The van der Waals surface area contributed by atoms with Gasteiger partial charge in [-0.2, -0.15) is 0 Å². The van der Waals surface area contributed by atoms with Gasteiger partial charge in [0.1, 0.15) is 0 Å². The Bertz CT molecular complexity index is 115. The Morgan fingerprint density at radius 3 is 2.62 bits per heavy atom. The van der Waals surface area contributed by atoms with Crippen LogP contribution in [0.25, 0.3) is 0 Å². The van der Waals surface area contributed by atoms with Crippen molar-refractivity contribution in [1.82, 2.24) is 5.32 Å². The maximum Gasteiger partial charge on any atom is 0.224 e. The first-order valence-electron chi connectivity index (χ1n) is 2.63. The van der Waals surface area contributed by atoms with Crippen molar-refractivity contribution in [2.75, 3.05) is 6.54 Å². The van der Waals surface area contributed by atoms with Crippen LogP contribution in [0, 0.1) is 5.92 Å². The summed E-state index contributed by atoms with van der Waals surface area (Å²) in [7, 11) is 0. The third kappa shape index (κ3) is 0.869. The molecule has 1 rings (SSSR count). The highest BCUT2D eigenvalue weighted by Gasteiger charge is 2.27. The van der Waals surface area contributed by atoms with Crippen LogP contribution in [0.5, 0.6) is 0 Å². The summed E-state index contributed by atoms with van der Waals surface area (Å²) < 4.78 is 0. The number of carbonyl (C=O) groups excluding carboxylic acids is 1. The standard InChI is InChI=1S/C5H8BrNO/c1-3-4(6)2-7-5(3)8/h3-4H,2H2,1H3,(H,7,8). The molecule has 2 nitrogen and oxygen atoms in total. The van der Waals surface area contributed by atoms with E-state index in [1.807, 2.05) is 6.92 Å². The highest BCUT2D eigenvalue weighted by molar-refractivity contribution is 9.09. The molecule has 1 amide bonds. The molecule has 2 unspecified atom stereocenters. The molecule has 0 aliphatic carbocycles. The maximum absolute atomic E-state index is 10.6. The van der Waals surface area contributed by atoms with Gasteiger partial charge in [-0.3, -0.25) is 4.79 Å². The molecule has 1 aliphatic heterocycles. The van der Waals surface area contributed by atoms with Crippen molar-refractivity contribution in [2.45, 2.75) is 11.8 Å². The number of halogens is 1. The predicted molar refractivity (Wildman–Crippen MR) is 34.9 cm³/mol. The second-order valence-corrected chi connectivity index (χ2v) is 3.23. The Labute approximate surface area is 56.8 Å². The van der Waals surface area contributed by atoms with Gasteiger partial charge >= 0.3 is 0 Å². The fourth-order valence-corrected chi connectivity index (χ4v) is 1.10. The second-order valence-electron chi connectivity index (χ2n) is 2.05. The van der Waals surface area contributed by atoms with E-state index in [-0.39, 0.29) is 11.8 Å². The van der Waals surface area contributed by atoms with E-state index in [1.54, 1.807) is 0 Å². The SMILES string of the molecule is CC1C(=O)NCC1Br. The summed E-state index contributed by atoms with van der Waals surface area (Å²) in [5.41, 5.74) is 0. The molecular weight excluding hydrogens is 170 g/mol. The number of hydrogen-bond acceptors (Lipinski definition) is 1. The first-order chi connectivity index (χ1) is 3.72. The van der Waals surface area contributed by atoms with Crippen LogP contribution in [-0.2, 0) is 4.79 Å². The van der Waals surface area contributed by atoms with E-state index in [2.05, 4.69) is 21.2 Å². The van der Waals surface area contributed by atoms with E-state index in [0.29, 0.717) is 4.83 Å². The smallest absolute Gasteiger partial charge is 0.224 e. The molecule has 0 aromatic carbocycles. The van der Waals surface area contributed by atoms with E-state index < -0.39 is 0 Å². The molecule has 1 fully saturated rings. The lowest BCUT2D eigenvalue weighted by Crippen LogP contribution is -2.16. The van der Waals surface area contributed by atoms with Gasteiger partial charge in [0, 0.05) is 17.3 Å². The molecule has 1 heterocycles. The van der Waals surface area contributed by atoms with E-state index in [1.165, 1.54) is 0 Å². The monoisotopic (exact) mass is 177 g/mol. The van der Waals surface area contributed by atoms with E-state index in [4.69, 9.17) is 0 Å². The van der Waals surface area contributed by atoms with Crippen LogP contribution in [-0.4, -0.2) is 17.3 Å². The Balaban J connectivity index is 2.56. The van der Waals surface area contributed by atoms with Gasteiger partial charge in [0.25, 0.3) is 0 Å². The van der Waals surface area contributed by atoms with Gasteiger partial charge in [0.05, 0.1) is 0 Å². The molecular formula is C5H8BrNO. The minimum Gasteiger partial charge on any atom is -0.355 e. The van der Waals surface area contributed by atoms with Crippen LogP contribution < -0.4 is 5.32 Å². The summed E-state index contributed by atoms with van der Waals surface area (Å²) in [6.45, 7) is 2.70. The van der Waals surface area contributed by atoms with E-state index in [0.717, 1.165) is 6.54 Å². The number of carbonyl (C=O) groups is 1. The van der Waals surface area contributed by atoms with Gasteiger partial charge in [-0.25, -0.2) is 0 Å². The highest BCUT2D eigenvalue weighted by atomic mass is 79.9. The molecule has 0 bridgehead atoms. The first-order valence-corrected chi connectivity index (χ1v) is 3.55. The molecule has 46 valence electrons. The van der Waals surface area contributed by atoms with Crippen molar-refractivity contribution in [1.29, 1.82) is 0 Å². The van der Waals surface area contributed by atoms with Gasteiger partial charge in [0.15, 0.2) is 0 Å². The number of hydrogen-bond donors (Lipinski definition) is 1. The van der Waals surface area contributed by atoms with Crippen molar-refractivity contribution in [3.63, 3.8) is 0 Å². The molecule has 8 heavy (non-hydrogen) atoms. The fourth-order valence-electron chi connectivity index (χ4n) is 0.700. The zero-order chi connectivity index (χ0) is 6.15. The summed E-state index contributed by atoms with van der Waals surface area (Å²) in [5.74, 6) is 0.307. The van der Waals surface area contributed by atoms with Crippen molar-refractivity contribution < 1.29 is 4.79 Å². The number of nitrogens with one attached hydrogen (secondary N) is 1. The minimum absolute atomic E-state index is 0.148. The van der Waals surface area contributed by atoms with Crippen LogP contribution in [0.3, 0.4) is 0 Å². The summed E-state index contributed by atoms with van der Waals surface area (Å²) >= 11 is 3.36. The number of rotatable bonds is 0. The zero-order valence-electron chi connectivity index (χ0n) is 4.65. The molecule has 1 saturated heterocycles. The van der Waals surface area contributed by atoms with Crippen molar-refractivity contribution in [3.05, 3.63) is 0 Å². The Hall–Kier alpha value is -0.0500. The largest absolute Gasteiger partial charge is 0.355 e. The fraction of sp³-hybridized carbons (Fsp3) is 0.800. The summed E-state index contributed by atoms with van der Waals surface area (Å²) in [6.07, 6.45) is 0. The van der Waals surface area contributed by atoms with Crippen LogP contribution in [0.4, 0.5) is 0 Å². The van der Waals surface area contributed by atoms with Gasteiger partial charge < -0.3 is 5.32 Å². The third-order valence-electron chi connectivity index (χ3n) is 1.43. The van der Waals surface area contributed by atoms with Crippen LogP contribution in [0.2, 0.25) is 0 Å². The molecule has 1 aliphatic rings. The van der Waals surface area contributed by atoms with Crippen LogP contribution >= 0.6 is 15.9 Å². The van der Waals surface area contributed by atoms with Gasteiger partial charge in [0.2, 0.25) is 5.91 Å². The molecule has 0 aromatic heterocycles. The third-order valence-corrected chi connectivity index (χ3v) is 2.54. The average molecular weight is 178 g/mol. The normalized spacial score (nSPS) is 37.5. The van der Waals surface area contributed by atoms with Gasteiger partial charge in [-0.1, -0.05) is 22.9 Å². The first kappa shape index (κ1) is 6.08. The van der Waals surface area contributed by atoms with E-state index >= 15 is 0 Å². The summed E-state index contributed by atoms with van der Waals surface area (Å²) in [4.78, 5) is 11.0. The maximum atomic E-state index is 10.6. The van der Waals surface area contributed by atoms with E-state index in [9.17, 15) is 4.79 Å². The molecule has 2 atom stereocenters. The average Bonchev–Trinajstić information content (AvgIpc) is 1.98. The zero-order valence-corrected chi connectivity index (χ0v) is 6.23. The number of amides is 1. The van der Waals surface area contributed by atoms with Crippen molar-refractivity contribution in [3.8, 4) is 0 Å². The molecule has 0 aromatic rings. The van der Waals surface area contributed by atoms with Crippen LogP contribution in [0.1, 0.15) is 6.92 Å². The number of alkyl halides is 1. The topological polar surface area (TPSA) is 29.1 Å². The van der Waals surface area contributed by atoms with Gasteiger partial charge in [-0.15, -0.1) is 0 Å². The Morgan fingerprint density at radius 1 is 1.88 bits per heavy atom. The molecule has 0 radical (unpaired) electrons. The second kappa shape index (κ2) is 2.05. The quantitative estimate of drug-likeness (QED) is 0.538. The lowest BCUT2D eigenvalue weighted by Gasteiger charge is -1.98. The molecule has 3 heteroatoms. The van der Waals surface area contributed by atoms with Crippen molar-refractivity contribution in [2.24, 2.45) is 5.92 Å². The lowest BCUT2D eigenvalue weighted by atomic mass is 10.1. The van der Waals surface area contributed by atoms with Crippen LogP contribution in [0.15, 0.2) is 0 Å².